The molecule has 0 aliphatic heterocycles. The molecular weight excluding hydrogens is 234 g/mol. The van der Waals surface area contributed by atoms with Gasteiger partial charge in [0.25, 0.3) is 0 Å². The Morgan fingerprint density at radius 3 is 2.21 bits per heavy atom. The van der Waals surface area contributed by atoms with Gasteiger partial charge in [-0.25, -0.2) is 0 Å². The third-order valence-electron chi connectivity index (χ3n) is 3.03. The van der Waals surface area contributed by atoms with Gasteiger partial charge >= 0.3 is 0 Å². The van der Waals surface area contributed by atoms with Crippen LogP contribution in [0.4, 0.5) is 5.69 Å². The lowest BCUT2D eigenvalue weighted by molar-refractivity contribution is 0.481. The summed E-state index contributed by atoms with van der Waals surface area (Å²) < 4.78 is 0. The molecule has 3 aromatic carbocycles. The van der Waals surface area contributed by atoms with Crippen molar-refractivity contribution in [3.05, 3.63) is 72.3 Å². The molecular formula is C17H13NO. The van der Waals surface area contributed by atoms with Crippen LogP contribution in [-0.4, -0.2) is 11.3 Å². The predicted molar refractivity (Wildman–Crippen MR) is 79.3 cm³/mol. The van der Waals surface area contributed by atoms with Gasteiger partial charge in [0.15, 0.2) is 0 Å². The van der Waals surface area contributed by atoms with E-state index in [1.54, 1.807) is 6.07 Å². The Bertz CT molecular complexity index is 733. The normalized spacial score (nSPS) is 11.2. The van der Waals surface area contributed by atoms with Crippen LogP contribution in [0, 0.1) is 0 Å². The predicted octanol–water partition coefficient (Wildman–Crippen LogP) is 4.30. The third kappa shape index (κ3) is 2.33. The Morgan fingerprint density at radius 2 is 1.42 bits per heavy atom. The maximum absolute atomic E-state index is 9.83. The minimum atomic E-state index is 0.286. The topological polar surface area (TPSA) is 32.6 Å². The van der Waals surface area contributed by atoms with Gasteiger partial charge in [-0.15, -0.1) is 0 Å². The third-order valence-corrected chi connectivity index (χ3v) is 3.03. The zero-order chi connectivity index (χ0) is 13.1. The molecule has 19 heavy (non-hydrogen) atoms. The van der Waals surface area contributed by atoms with E-state index in [2.05, 4.69) is 4.99 Å². The second kappa shape index (κ2) is 4.94. The smallest absolute Gasteiger partial charge is 0.123 e. The number of benzene rings is 3. The van der Waals surface area contributed by atoms with E-state index in [9.17, 15) is 5.11 Å². The molecule has 0 amide bonds. The number of rotatable bonds is 2. The van der Waals surface area contributed by atoms with E-state index in [1.165, 1.54) is 0 Å². The second-order valence-corrected chi connectivity index (χ2v) is 4.32. The molecule has 0 radical (unpaired) electrons. The van der Waals surface area contributed by atoms with Crippen molar-refractivity contribution in [2.75, 3.05) is 0 Å². The summed E-state index contributed by atoms with van der Waals surface area (Å²) in [5.74, 6) is 0.286. The van der Waals surface area contributed by atoms with E-state index < -0.39 is 0 Å². The van der Waals surface area contributed by atoms with E-state index in [0.29, 0.717) is 0 Å². The van der Waals surface area contributed by atoms with Crippen LogP contribution < -0.4 is 0 Å². The van der Waals surface area contributed by atoms with Crippen LogP contribution in [0.25, 0.3) is 10.8 Å². The van der Waals surface area contributed by atoms with E-state index in [4.69, 9.17) is 0 Å². The molecule has 3 aromatic rings. The maximum atomic E-state index is 9.83. The highest BCUT2D eigenvalue weighted by Gasteiger charge is 2.02. The molecule has 0 spiro atoms. The first-order chi connectivity index (χ1) is 9.34. The number of aliphatic imine (C=N–C) groups is 1. The number of phenols is 1. The van der Waals surface area contributed by atoms with Crippen molar-refractivity contribution in [1.29, 1.82) is 0 Å². The molecule has 0 unspecified atom stereocenters. The Morgan fingerprint density at radius 1 is 0.737 bits per heavy atom. The van der Waals surface area contributed by atoms with E-state index >= 15 is 0 Å². The lowest BCUT2D eigenvalue weighted by atomic mass is 10.1. The zero-order valence-corrected chi connectivity index (χ0v) is 10.3. The van der Waals surface area contributed by atoms with Crippen LogP contribution >= 0.6 is 0 Å². The van der Waals surface area contributed by atoms with Gasteiger partial charge in [0.05, 0.1) is 5.69 Å². The van der Waals surface area contributed by atoms with Crippen LogP contribution in [-0.2, 0) is 0 Å². The van der Waals surface area contributed by atoms with Crippen LogP contribution in [0.1, 0.15) is 5.56 Å². The van der Waals surface area contributed by atoms with Crippen molar-refractivity contribution in [2.45, 2.75) is 0 Å². The fraction of sp³-hybridized carbons (Fsp3) is 0. The molecule has 0 aliphatic carbocycles. The number of hydrogen-bond donors (Lipinski definition) is 1. The van der Waals surface area contributed by atoms with Crippen LogP contribution in [0.15, 0.2) is 71.7 Å². The van der Waals surface area contributed by atoms with Crippen molar-refractivity contribution in [1.82, 2.24) is 0 Å². The molecule has 92 valence electrons. The fourth-order valence-electron chi connectivity index (χ4n) is 2.06. The summed E-state index contributed by atoms with van der Waals surface area (Å²) in [6.45, 7) is 0. The molecule has 0 aromatic heterocycles. The molecule has 0 aliphatic rings. The van der Waals surface area contributed by atoms with Crippen LogP contribution in [0.3, 0.4) is 0 Å². The van der Waals surface area contributed by atoms with Crippen molar-refractivity contribution in [2.24, 2.45) is 4.99 Å². The molecule has 0 bridgehead atoms. The van der Waals surface area contributed by atoms with Crippen LogP contribution in [0.2, 0.25) is 0 Å². The average molecular weight is 247 g/mol. The monoisotopic (exact) mass is 247 g/mol. The average Bonchev–Trinajstić information content (AvgIpc) is 2.48. The highest BCUT2D eigenvalue weighted by atomic mass is 16.3. The van der Waals surface area contributed by atoms with Crippen molar-refractivity contribution < 1.29 is 5.11 Å². The number of nitrogens with zero attached hydrogens (tertiary/aromatic N) is 1. The van der Waals surface area contributed by atoms with Gasteiger partial charge in [-0.05, 0) is 17.7 Å². The quantitative estimate of drug-likeness (QED) is 0.673. The molecule has 0 heterocycles. The van der Waals surface area contributed by atoms with Gasteiger partial charge in [-0.1, -0.05) is 54.6 Å². The van der Waals surface area contributed by atoms with Crippen molar-refractivity contribution in [3.63, 3.8) is 0 Å². The lowest BCUT2D eigenvalue weighted by Gasteiger charge is -2.03. The van der Waals surface area contributed by atoms with Crippen molar-refractivity contribution in [3.8, 4) is 5.75 Å². The summed E-state index contributed by atoms with van der Waals surface area (Å²) in [7, 11) is 0. The Hall–Kier alpha value is -2.61. The highest BCUT2D eigenvalue weighted by Crippen LogP contribution is 2.32. The first-order valence-corrected chi connectivity index (χ1v) is 6.14. The van der Waals surface area contributed by atoms with Gasteiger partial charge in [0.1, 0.15) is 5.75 Å². The van der Waals surface area contributed by atoms with E-state index in [1.807, 2.05) is 66.9 Å². The molecule has 0 saturated heterocycles. The number of fused-ring (bicyclic) bond motifs is 1. The fourth-order valence-corrected chi connectivity index (χ4v) is 2.06. The van der Waals surface area contributed by atoms with E-state index in [0.717, 1.165) is 22.0 Å². The lowest BCUT2D eigenvalue weighted by Crippen LogP contribution is -1.79. The van der Waals surface area contributed by atoms with E-state index in [-0.39, 0.29) is 5.75 Å². The molecule has 0 atom stereocenters. The highest BCUT2D eigenvalue weighted by molar-refractivity contribution is 5.98. The second-order valence-electron chi connectivity index (χ2n) is 4.32. The number of phenolic OH excluding ortho intramolecular Hbond substituents is 1. The summed E-state index contributed by atoms with van der Waals surface area (Å²) >= 11 is 0. The van der Waals surface area contributed by atoms with Crippen molar-refractivity contribution >= 4 is 22.7 Å². The molecule has 0 fully saturated rings. The molecule has 1 N–H and O–H groups in total. The summed E-state index contributed by atoms with van der Waals surface area (Å²) in [5, 5.41) is 11.6. The Labute approximate surface area is 111 Å². The summed E-state index contributed by atoms with van der Waals surface area (Å²) in [6.07, 6.45) is 1.83. The summed E-state index contributed by atoms with van der Waals surface area (Å²) in [4.78, 5) is 4.51. The van der Waals surface area contributed by atoms with Gasteiger partial charge in [-0.2, -0.15) is 0 Å². The molecule has 0 saturated carbocycles. The SMILES string of the molecule is Oc1ccc(N=Cc2ccccc2)c2ccccc12. The first kappa shape index (κ1) is 11.5. The largest absolute Gasteiger partial charge is 0.507 e. The molecule has 2 nitrogen and oxygen atoms in total. The summed E-state index contributed by atoms with van der Waals surface area (Å²) in [5.41, 5.74) is 1.91. The summed E-state index contributed by atoms with van der Waals surface area (Å²) in [6, 6.07) is 21.2. The van der Waals surface area contributed by atoms with Gasteiger partial charge in [0, 0.05) is 17.0 Å². The molecule has 3 rings (SSSR count). The number of hydrogen-bond acceptors (Lipinski definition) is 2. The zero-order valence-electron chi connectivity index (χ0n) is 10.3. The van der Waals surface area contributed by atoms with Crippen LogP contribution in [0.5, 0.6) is 5.75 Å². The first-order valence-electron chi connectivity index (χ1n) is 6.14. The van der Waals surface area contributed by atoms with Gasteiger partial charge in [0.2, 0.25) is 0 Å². The Balaban J connectivity index is 2.07. The van der Waals surface area contributed by atoms with Gasteiger partial charge < -0.3 is 5.11 Å². The maximum Gasteiger partial charge on any atom is 0.123 e. The Kier molecular flexibility index (Phi) is 2.99. The van der Waals surface area contributed by atoms with Gasteiger partial charge in [-0.3, -0.25) is 4.99 Å². The minimum absolute atomic E-state index is 0.286. The standard InChI is InChI=1S/C17H13NO/c19-17-11-10-16(14-8-4-5-9-15(14)17)18-12-13-6-2-1-3-7-13/h1-12,19H. The molecule has 2 heteroatoms. The number of aromatic hydroxyl groups is 1. The minimum Gasteiger partial charge on any atom is -0.507 e.